The van der Waals surface area contributed by atoms with Crippen LogP contribution in [0.15, 0.2) is 36.4 Å². The minimum Gasteiger partial charge on any atom is -0.466 e. The highest BCUT2D eigenvalue weighted by atomic mass is 19.1. The number of carbonyl (C=O) groups is 1. The maximum absolute atomic E-state index is 14.5. The third-order valence-electron chi connectivity index (χ3n) is 4.95. The first-order valence-corrected chi connectivity index (χ1v) is 9.58. The Hall–Kier alpha value is -2.56. The second kappa shape index (κ2) is 8.89. The fourth-order valence-electron chi connectivity index (χ4n) is 3.51. The van der Waals surface area contributed by atoms with Crippen LogP contribution in [0.5, 0.6) is 0 Å². The molecule has 0 radical (unpaired) electrons. The second-order valence-corrected chi connectivity index (χ2v) is 6.92. The lowest BCUT2D eigenvalue weighted by atomic mass is 9.99. The largest absolute Gasteiger partial charge is 0.466 e. The average Bonchev–Trinajstić information content (AvgIpc) is 2.67. The number of para-hydroxylation sites is 1. The Morgan fingerprint density at radius 1 is 1.26 bits per heavy atom. The van der Waals surface area contributed by atoms with Crippen LogP contribution in [0.25, 0.3) is 0 Å². The fraction of sp³-hybridized carbons (Fsp3) is 0.409. The van der Waals surface area contributed by atoms with Crippen LogP contribution in [0, 0.1) is 5.82 Å². The molecule has 1 aliphatic heterocycles. The molecule has 0 unspecified atom stereocenters. The average molecular weight is 370 g/mol. The maximum Gasteiger partial charge on any atom is 0.306 e. The fourth-order valence-corrected chi connectivity index (χ4v) is 3.51. The summed E-state index contributed by atoms with van der Waals surface area (Å²) in [5.41, 5.74) is 5.16. The quantitative estimate of drug-likeness (QED) is 0.737. The van der Waals surface area contributed by atoms with Gasteiger partial charge in [-0.05, 0) is 55.0 Å². The van der Waals surface area contributed by atoms with Crippen LogP contribution in [0.1, 0.15) is 36.5 Å². The Morgan fingerprint density at radius 3 is 2.89 bits per heavy atom. The number of benzene rings is 2. The first-order valence-electron chi connectivity index (χ1n) is 9.58. The van der Waals surface area contributed by atoms with E-state index in [4.69, 9.17) is 4.74 Å². The van der Waals surface area contributed by atoms with Crippen molar-refractivity contribution in [3.05, 3.63) is 58.9 Å². The molecule has 4 nitrogen and oxygen atoms in total. The predicted octanol–water partition coefficient (Wildman–Crippen LogP) is 4.32. The van der Waals surface area contributed by atoms with Gasteiger partial charge in [-0.3, -0.25) is 4.79 Å². The standard InChI is InChI=1S/C22H27FN2O2/c1-3-27-21(26)12-10-16-9-11-19(14-20(16)23)25(2)15-18-7-4-6-17-8-5-13-24-22(17)18/h4,6-7,9,11,14,24H,3,5,8,10,12-13,15H2,1-2H3. The molecule has 1 N–H and O–H groups in total. The van der Waals surface area contributed by atoms with Crippen LogP contribution in [0.3, 0.4) is 0 Å². The Morgan fingerprint density at radius 2 is 2.11 bits per heavy atom. The molecule has 0 bridgehead atoms. The van der Waals surface area contributed by atoms with Gasteiger partial charge in [0.2, 0.25) is 0 Å². The summed E-state index contributed by atoms with van der Waals surface area (Å²) in [6.07, 6.45) is 2.81. The number of esters is 1. The molecule has 0 aromatic heterocycles. The van der Waals surface area contributed by atoms with Crippen molar-refractivity contribution in [2.24, 2.45) is 0 Å². The van der Waals surface area contributed by atoms with Crippen LogP contribution < -0.4 is 10.2 Å². The third kappa shape index (κ3) is 4.79. The van der Waals surface area contributed by atoms with E-state index in [1.807, 2.05) is 18.0 Å². The number of nitrogens with zero attached hydrogens (tertiary/aromatic N) is 1. The molecular formula is C22H27FN2O2. The van der Waals surface area contributed by atoms with Gasteiger partial charge in [0.05, 0.1) is 6.61 Å². The highest BCUT2D eigenvalue weighted by Gasteiger charge is 2.15. The van der Waals surface area contributed by atoms with E-state index in [0.29, 0.717) is 25.1 Å². The Bertz CT molecular complexity index is 807. The minimum atomic E-state index is -0.292. The van der Waals surface area contributed by atoms with E-state index in [1.54, 1.807) is 19.1 Å². The van der Waals surface area contributed by atoms with Gasteiger partial charge in [-0.2, -0.15) is 0 Å². The van der Waals surface area contributed by atoms with Crippen molar-refractivity contribution in [3.8, 4) is 0 Å². The van der Waals surface area contributed by atoms with E-state index in [0.717, 1.165) is 25.1 Å². The highest BCUT2D eigenvalue weighted by molar-refractivity contribution is 5.69. The molecule has 144 valence electrons. The number of fused-ring (bicyclic) bond motifs is 1. The molecule has 2 aromatic carbocycles. The van der Waals surface area contributed by atoms with Gasteiger partial charge in [0.15, 0.2) is 0 Å². The van der Waals surface area contributed by atoms with Gasteiger partial charge in [-0.1, -0.05) is 24.3 Å². The third-order valence-corrected chi connectivity index (χ3v) is 4.95. The summed E-state index contributed by atoms with van der Waals surface area (Å²) in [4.78, 5) is 13.5. The van der Waals surface area contributed by atoms with Crippen LogP contribution in [-0.2, 0) is 28.9 Å². The van der Waals surface area contributed by atoms with Gasteiger partial charge in [0.1, 0.15) is 5.82 Å². The van der Waals surface area contributed by atoms with Crippen molar-refractivity contribution in [1.82, 2.24) is 0 Å². The number of carbonyl (C=O) groups excluding carboxylic acids is 1. The second-order valence-electron chi connectivity index (χ2n) is 6.92. The number of nitrogens with one attached hydrogen (secondary N) is 1. The number of anilines is 2. The van der Waals surface area contributed by atoms with Crippen molar-refractivity contribution in [2.75, 3.05) is 30.4 Å². The first kappa shape index (κ1) is 19.2. The van der Waals surface area contributed by atoms with Crippen molar-refractivity contribution in [2.45, 2.75) is 39.2 Å². The first-order chi connectivity index (χ1) is 13.1. The summed E-state index contributed by atoms with van der Waals surface area (Å²) in [5, 5.41) is 3.50. The highest BCUT2D eigenvalue weighted by Crippen LogP contribution is 2.28. The van der Waals surface area contributed by atoms with Gasteiger partial charge in [-0.15, -0.1) is 0 Å². The normalized spacial score (nSPS) is 12.9. The van der Waals surface area contributed by atoms with Crippen molar-refractivity contribution in [1.29, 1.82) is 0 Å². The summed E-state index contributed by atoms with van der Waals surface area (Å²) in [6.45, 7) is 3.82. The molecule has 1 aliphatic rings. The van der Waals surface area contributed by atoms with Crippen LogP contribution in [0.2, 0.25) is 0 Å². The van der Waals surface area contributed by atoms with Crippen molar-refractivity contribution < 1.29 is 13.9 Å². The van der Waals surface area contributed by atoms with E-state index >= 15 is 0 Å². The van der Waals surface area contributed by atoms with Crippen LogP contribution >= 0.6 is 0 Å². The van der Waals surface area contributed by atoms with E-state index in [1.165, 1.54) is 16.8 Å². The lowest BCUT2D eigenvalue weighted by Crippen LogP contribution is -2.20. The van der Waals surface area contributed by atoms with Crippen molar-refractivity contribution in [3.63, 3.8) is 0 Å². The molecule has 5 heteroatoms. The molecule has 27 heavy (non-hydrogen) atoms. The summed E-state index contributed by atoms with van der Waals surface area (Å²) in [6, 6.07) is 11.6. The van der Waals surface area contributed by atoms with Gasteiger partial charge < -0.3 is 15.0 Å². The van der Waals surface area contributed by atoms with Crippen LogP contribution in [0.4, 0.5) is 15.8 Å². The SMILES string of the molecule is CCOC(=O)CCc1ccc(N(C)Cc2cccc3c2NCCC3)cc1F. The van der Waals surface area contributed by atoms with E-state index in [2.05, 4.69) is 23.5 Å². The molecule has 1 heterocycles. The molecule has 0 aliphatic carbocycles. The van der Waals surface area contributed by atoms with E-state index in [9.17, 15) is 9.18 Å². The lowest BCUT2D eigenvalue weighted by molar-refractivity contribution is -0.143. The molecule has 0 saturated carbocycles. The molecule has 0 spiro atoms. The molecule has 3 rings (SSSR count). The topological polar surface area (TPSA) is 41.6 Å². The molecule has 0 saturated heterocycles. The molecule has 2 aromatic rings. The van der Waals surface area contributed by atoms with E-state index in [-0.39, 0.29) is 18.2 Å². The van der Waals surface area contributed by atoms with Crippen LogP contribution in [-0.4, -0.2) is 26.2 Å². The maximum atomic E-state index is 14.5. The van der Waals surface area contributed by atoms with Gasteiger partial charge >= 0.3 is 5.97 Å². The molecular weight excluding hydrogens is 343 g/mol. The van der Waals surface area contributed by atoms with Gasteiger partial charge in [0.25, 0.3) is 0 Å². The number of hydrogen-bond donors (Lipinski definition) is 1. The summed E-state index contributed by atoms with van der Waals surface area (Å²) in [5.74, 6) is -0.573. The number of hydrogen-bond acceptors (Lipinski definition) is 4. The summed E-state index contributed by atoms with van der Waals surface area (Å²) < 4.78 is 19.4. The van der Waals surface area contributed by atoms with Gasteiger partial charge in [-0.25, -0.2) is 4.39 Å². The Kier molecular flexibility index (Phi) is 6.32. The Labute approximate surface area is 160 Å². The van der Waals surface area contributed by atoms with Gasteiger partial charge in [0, 0.05) is 37.9 Å². The lowest BCUT2D eigenvalue weighted by Gasteiger charge is -2.25. The van der Waals surface area contributed by atoms with E-state index < -0.39 is 0 Å². The number of halogens is 1. The molecule has 0 atom stereocenters. The molecule has 0 amide bonds. The minimum absolute atomic E-state index is 0.196. The number of rotatable bonds is 7. The smallest absolute Gasteiger partial charge is 0.306 e. The Balaban J connectivity index is 1.68. The number of ether oxygens (including phenoxy) is 1. The van der Waals surface area contributed by atoms with Crippen molar-refractivity contribution >= 4 is 17.3 Å². The number of aryl methyl sites for hydroxylation is 2. The summed E-state index contributed by atoms with van der Waals surface area (Å²) in [7, 11) is 1.97. The summed E-state index contributed by atoms with van der Waals surface area (Å²) >= 11 is 0. The zero-order chi connectivity index (χ0) is 19.2. The molecule has 0 fully saturated rings. The monoisotopic (exact) mass is 370 g/mol. The zero-order valence-corrected chi connectivity index (χ0v) is 16.1. The predicted molar refractivity (Wildman–Crippen MR) is 107 cm³/mol. The zero-order valence-electron chi connectivity index (χ0n) is 16.1.